The van der Waals surface area contributed by atoms with Crippen LogP contribution in [0.3, 0.4) is 0 Å². The Labute approximate surface area is 282 Å². The fourth-order valence-electron chi connectivity index (χ4n) is 5.49. The maximum absolute atomic E-state index is 13.9. The maximum Gasteiger partial charge on any atom is 0.408 e. The van der Waals surface area contributed by atoms with Gasteiger partial charge in [-0.05, 0) is 98.3 Å². The minimum atomic E-state index is -0.997. The summed E-state index contributed by atoms with van der Waals surface area (Å²) >= 11 is 7.62. The third-order valence-corrected chi connectivity index (χ3v) is 8.58. The second-order valence-corrected chi connectivity index (χ2v) is 13.5. The molecule has 47 heavy (non-hydrogen) atoms. The number of aliphatic hydroxyl groups excluding tert-OH is 1. The van der Waals surface area contributed by atoms with Gasteiger partial charge in [0.1, 0.15) is 29.1 Å². The molecule has 0 unspecified atom stereocenters. The number of nitrogens with one attached hydrogen (secondary N) is 2. The highest BCUT2D eigenvalue weighted by Crippen LogP contribution is 2.38. The Morgan fingerprint density at radius 3 is 2.55 bits per heavy atom. The van der Waals surface area contributed by atoms with E-state index in [1.54, 1.807) is 72.3 Å². The molecule has 2 aromatic heterocycles. The van der Waals surface area contributed by atoms with Gasteiger partial charge in [0.05, 0.1) is 13.2 Å². The van der Waals surface area contributed by atoms with Crippen molar-refractivity contribution in [2.24, 2.45) is 0 Å². The van der Waals surface area contributed by atoms with E-state index in [1.807, 2.05) is 17.5 Å². The van der Waals surface area contributed by atoms with Gasteiger partial charge in [0.15, 0.2) is 0 Å². The number of phenols is 1. The van der Waals surface area contributed by atoms with Gasteiger partial charge in [-0.2, -0.15) is 16.4 Å². The summed E-state index contributed by atoms with van der Waals surface area (Å²) in [6, 6.07) is 11.9. The van der Waals surface area contributed by atoms with Gasteiger partial charge in [-0.25, -0.2) is 4.79 Å². The van der Waals surface area contributed by atoms with Crippen molar-refractivity contribution in [3.63, 3.8) is 0 Å². The van der Waals surface area contributed by atoms with Crippen LogP contribution in [-0.4, -0.2) is 67.6 Å². The number of aromatic hydroxyl groups is 1. The maximum atomic E-state index is 13.9. The second kappa shape index (κ2) is 14.6. The third-order valence-electron chi connectivity index (χ3n) is 7.64. The van der Waals surface area contributed by atoms with Crippen molar-refractivity contribution in [1.29, 1.82) is 0 Å². The summed E-state index contributed by atoms with van der Waals surface area (Å²) in [4.78, 5) is 41.8. The van der Waals surface area contributed by atoms with E-state index in [1.165, 1.54) is 17.4 Å². The smallest absolute Gasteiger partial charge is 0.408 e. The van der Waals surface area contributed by atoms with Gasteiger partial charge in [-0.3, -0.25) is 14.3 Å². The zero-order valence-electron chi connectivity index (χ0n) is 26.4. The van der Waals surface area contributed by atoms with E-state index in [-0.39, 0.29) is 30.7 Å². The van der Waals surface area contributed by atoms with Gasteiger partial charge >= 0.3 is 6.09 Å². The third kappa shape index (κ3) is 8.31. The molecular weight excluding hydrogens is 642 g/mol. The molecule has 5 rings (SSSR count). The SMILES string of the molecule is CC(C)(C)OC(=O)N[C@@H](C(=O)N1CCCC[C@H]1C(=O)Nc1ccc(-c2cn(CCO)nc2-c2cc(Cl)ccc2O)cc1)c1ccsc1. The normalized spacial score (nSPS) is 15.6. The van der Waals surface area contributed by atoms with Crippen LogP contribution in [0.4, 0.5) is 10.5 Å². The number of nitrogens with zero attached hydrogens (tertiary/aromatic N) is 3. The van der Waals surface area contributed by atoms with Crippen LogP contribution < -0.4 is 10.6 Å². The number of hydrogen-bond donors (Lipinski definition) is 4. The molecule has 0 saturated carbocycles. The Bertz CT molecular complexity index is 1720. The van der Waals surface area contributed by atoms with E-state index in [2.05, 4.69) is 15.7 Å². The van der Waals surface area contributed by atoms with Crippen LogP contribution in [0.15, 0.2) is 65.5 Å². The van der Waals surface area contributed by atoms with E-state index >= 15 is 0 Å². The first-order chi connectivity index (χ1) is 22.4. The second-order valence-electron chi connectivity index (χ2n) is 12.3. The molecule has 0 radical (unpaired) electrons. The molecular formula is C34H38ClN5O6S. The monoisotopic (exact) mass is 679 g/mol. The quantitative estimate of drug-likeness (QED) is 0.164. The topological polar surface area (TPSA) is 146 Å². The van der Waals surface area contributed by atoms with E-state index in [9.17, 15) is 24.6 Å². The molecule has 3 amide bonds. The molecule has 11 nitrogen and oxygen atoms in total. The summed E-state index contributed by atoms with van der Waals surface area (Å²) < 4.78 is 7.02. The van der Waals surface area contributed by atoms with Crippen LogP contribution in [0.5, 0.6) is 5.75 Å². The van der Waals surface area contributed by atoms with Crippen LogP contribution in [0.1, 0.15) is 51.6 Å². The van der Waals surface area contributed by atoms with Crippen molar-refractivity contribution in [3.05, 3.63) is 76.1 Å². The predicted octanol–water partition coefficient (Wildman–Crippen LogP) is 6.22. The number of halogens is 1. The molecule has 1 aliphatic heterocycles. The number of likely N-dealkylation sites (tertiary alicyclic amines) is 1. The number of carbonyl (C=O) groups is 3. The highest BCUT2D eigenvalue weighted by Gasteiger charge is 2.37. The van der Waals surface area contributed by atoms with Crippen LogP contribution in [0, 0.1) is 0 Å². The van der Waals surface area contributed by atoms with Crippen molar-refractivity contribution in [3.8, 4) is 28.1 Å². The Balaban J connectivity index is 1.35. The number of alkyl carbamates (subject to hydrolysis) is 1. The number of phenolic OH excluding ortho intramolecular Hbond substituents is 1. The summed E-state index contributed by atoms with van der Waals surface area (Å²) in [5.41, 5.74) is 2.83. The van der Waals surface area contributed by atoms with Crippen molar-refractivity contribution < 1.29 is 29.3 Å². The van der Waals surface area contributed by atoms with Gasteiger partial charge in [-0.1, -0.05) is 23.7 Å². The molecule has 4 aromatic rings. The van der Waals surface area contributed by atoms with Gasteiger partial charge in [-0.15, -0.1) is 0 Å². The molecule has 13 heteroatoms. The molecule has 3 heterocycles. The van der Waals surface area contributed by atoms with Gasteiger partial charge in [0.2, 0.25) is 5.91 Å². The molecule has 1 fully saturated rings. The largest absolute Gasteiger partial charge is 0.507 e. The molecule has 2 atom stereocenters. The number of aromatic nitrogens is 2. The number of rotatable bonds is 9. The fourth-order valence-corrected chi connectivity index (χ4v) is 6.35. The Morgan fingerprint density at radius 1 is 1.11 bits per heavy atom. The van der Waals surface area contributed by atoms with Crippen LogP contribution >= 0.6 is 22.9 Å². The van der Waals surface area contributed by atoms with E-state index in [0.29, 0.717) is 46.1 Å². The lowest BCUT2D eigenvalue weighted by molar-refractivity contribution is -0.142. The van der Waals surface area contributed by atoms with Gasteiger partial charge in [0, 0.05) is 34.6 Å². The van der Waals surface area contributed by atoms with E-state index in [0.717, 1.165) is 18.4 Å². The molecule has 0 aliphatic carbocycles. The lowest BCUT2D eigenvalue weighted by Gasteiger charge is -2.37. The Hall–Kier alpha value is -4.39. The number of carbonyl (C=O) groups excluding carboxylic acids is 3. The molecule has 1 saturated heterocycles. The standard InChI is InChI=1S/C34H38ClN5O6S/c1-34(2,3)46-33(45)37-29(22-13-17-47-20-22)32(44)40-14-5-4-6-27(40)31(43)36-24-10-7-21(8-11-24)26-19-39(15-16-41)38-30(26)25-18-23(35)9-12-28(25)42/h7-13,17-20,27,29,41-42H,4-6,14-16H2,1-3H3,(H,36,43)(H,37,45)/t27-,29+/m0/s1. The number of anilines is 1. The minimum absolute atomic E-state index is 0.0166. The number of hydrogen-bond acceptors (Lipinski definition) is 8. The van der Waals surface area contributed by atoms with Gasteiger partial charge < -0.3 is 30.5 Å². The summed E-state index contributed by atoms with van der Waals surface area (Å²) in [5.74, 6) is -0.684. The highest BCUT2D eigenvalue weighted by atomic mass is 35.5. The Kier molecular flexibility index (Phi) is 10.5. The number of benzene rings is 2. The first-order valence-corrected chi connectivity index (χ1v) is 16.7. The summed E-state index contributed by atoms with van der Waals surface area (Å²) in [7, 11) is 0. The number of piperidine rings is 1. The zero-order chi connectivity index (χ0) is 33.7. The van der Waals surface area contributed by atoms with Gasteiger partial charge in [0.25, 0.3) is 5.91 Å². The Morgan fingerprint density at radius 2 is 1.87 bits per heavy atom. The van der Waals surface area contributed by atoms with Crippen LogP contribution in [0.2, 0.25) is 5.02 Å². The van der Waals surface area contributed by atoms with E-state index in [4.69, 9.17) is 16.3 Å². The summed E-state index contributed by atoms with van der Waals surface area (Å²) in [6.45, 7) is 5.78. The molecule has 4 N–H and O–H groups in total. The summed E-state index contributed by atoms with van der Waals surface area (Å²) in [6.07, 6.45) is 3.06. The number of aliphatic hydroxyl groups is 1. The highest BCUT2D eigenvalue weighted by molar-refractivity contribution is 7.08. The van der Waals surface area contributed by atoms with Crippen molar-refractivity contribution in [1.82, 2.24) is 20.0 Å². The molecule has 1 aliphatic rings. The van der Waals surface area contributed by atoms with Crippen molar-refractivity contribution >= 4 is 46.5 Å². The predicted molar refractivity (Wildman–Crippen MR) is 181 cm³/mol. The first-order valence-electron chi connectivity index (χ1n) is 15.3. The minimum Gasteiger partial charge on any atom is -0.507 e. The fraction of sp³-hybridized carbons (Fsp3) is 0.353. The van der Waals surface area contributed by atoms with Crippen molar-refractivity contribution in [2.45, 2.75) is 64.3 Å². The van der Waals surface area contributed by atoms with Crippen molar-refractivity contribution in [2.75, 3.05) is 18.5 Å². The summed E-state index contributed by atoms with van der Waals surface area (Å²) in [5, 5.41) is 34.3. The molecule has 2 aromatic carbocycles. The number of thiophene rings is 1. The average Bonchev–Trinajstić information content (AvgIpc) is 3.71. The molecule has 248 valence electrons. The molecule has 0 spiro atoms. The first kappa shape index (κ1) is 34.0. The average molecular weight is 680 g/mol. The molecule has 0 bridgehead atoms. The van der Waals surface area contributed by atoms with Crippen LogP contribution in [-0.2, 0) is 20.9 Å². The number of ether oxygens (including phenoxy) is 1. The zero-order valence-corrected chi connectivity index (χ0v) is 28.0. The lowest BCUT2D eigenvalue weighted by Crippen LogP contribution is -2.53. The number of amides is 3. The van der Waals surface area contributed by atoms with E-state index < -0.39 is 23.8 Å². The van der Waals surface area contributed by atoms with Crippen LogP contribution in [0.25, 0.3) is 22.4 Å². The lowest BCUT2D eigenvalue weighted by atomic mass is 9.98.